The van der Waals surface area contributed by atoms with Crippen LogP contribution in [0.1, 0.15) is 13.8 Å². The monoisotopic (exact) mass is 158 g/mol. The van der Waals surface area contributed by atoms with Crippen LogP contribution < -0.4 is 0 Å². The molecule has 0 saturated carbocycles. The fraction of sp³-hybridized carbons (Fsp3) is 0.750. The molecule has 0 aromatic carbocycles. The Hall–Kier alpha value is 0.0129. The minimum absolute atomic E-state index is 0.0972. The van der Waals surface area contributed by atoms with E-state index in [9.17, 15) is 0 Å². The van der Waals surface area contributed by atoms with Crippen molar-refractivity contribution in [2.75, 3.05) is 0 Å². The molecule has 0 N–H and O–H groups in total. The van der Waals surface area contributed by atoms with Gasteiger partial charge in [-0.2, -0.15) is 0 Å². The quantitative estimate of drug-likeness (QED) is 0.454. The van der Waals surface area contributed by atoms with E-state index in [-0.39, 0.29) is 5.54 Å². The zero-order valence-electron chi connectivity index (χ0n) is 4.55. The molecule has 7 heavy (non-hydrogen) atoms. The summed E-state index contributed by atoms with van der Waals surface area (Å²) >= 11 is -0.495. The Bertz CT molecular complexity index is 112. The first-order chi connectivity index (χ1) is 3.21. The van der Waals surface area contributed by atoms with E-state index < -0.39 is 15.5 Å². The first kappa shape index (κ1) is 5.16. The predicted molar refractivity (Wildman–Crippen MR) is 32.1 cm³/mol. The van der Waals surface area contributed by atoms with Gasteiger partial charge < -0.3 is 0 Å². The molecule has 0 amide bonds. The van der Waals surface area contributed by atoms with Crippen molar-refractivity contribution in [1.82, 2.24) is 0 Å². The number of hydrogen-bond acceptors (Lipinski definition) is 2. The Balaban J connectivity index is 2.77. The van der Waals surface area contributed by atoms with Crippen LogP contribution in [0.3, 0.4) is 0 Å². The zero-order valence-corrected chi connectivity index (χ0v) is 6.97. The van der Waals surface area contributed by atoms with E-state index in [0.717, 1.165) is 0 Å². The van der Waals surface area contributed by atoms with Crippen molar-refractivity contribution in [1.29, 1.82) is 0 Å². The van der Waals surface area contributed by atoms with Crippen LogP contribution in [0.25, 0.3) is 0 Å². The van der Waals surface area contributed by atoms with E-state index in [4.69, 9.17) is 0 Å². The molecule has 0 spiro atoms. The summed E-state index contributed by atoms with van der Waals surface area (Å²) in [6, 6.07) is 0. The van der Waals surface area contributed by atoms with Gasteiger partial charge in [-0.3, -0.25) is 0 Å². The molecule has 1 aliphatic rings. The molecular formula is C4H8GeN2. The van der Waals surface area contributed by atoms with E-state index in [1.165, 1.54) is 0 Å². The van der Waals surface area contributed by atoms with Crippen LogP contribution >= 0.6 is 0 Å². The maximum absolute atomic E-state index is 4.30. The van der Waals surface area contributed by atoms with Gasteiger partial charge in [-0.15, -0.1) is 0 Å². The van der Waals surface area contributed by atoms with Gasteiger partial charge in [-0.05, 0) is 0 Å². The van der Waals surface area contributed by atoms with Gasteiger partial charge in [-0.25, -0.2) is 0 Å². The van der Waals surface area contributed by atoms with Crippen molar-refractivity contribution in [2.24, 2.45) is 7.85 Å². The molecular weight excluding hydrogens is 149 g/mol. The Morgan fingerprint density at radius 2 is 2.29 bits per heavy atom. The van der Waals surface area contributed by atoms with Gasteiger partial charge in [0, 0.05) is 0 Å². The average molecular weight is 157 g/mol. The molecule has 1 rings (SSSR count). The molecule has 3 heteroatoms. The van der Waals surface area contributed by atoms with Gasteiger partial charge in [0.15, 0.2) is 0 Å². The van der Waals surface area contributed by atoms with Gasteiger partial charge in [0.2, 0.25) is 0 Å². The summed E-state index contributed by atoms with van der Waals surface area (Å²) in [4.78, 5) is 0. The molecule has 0 aliphatic carbocycles. The van der Waals surface area contributed by atoms with Crippen LogP contribution in [0.2, 0.25) is 0 Å². The third-order valence-electron chi connectivity index (χ3n) is 0.848. The average Bonchev–Trinajstić information content (AvgIpc) is 1.84. The van der Waals surface area contributed by atoms with E-state index in [2.05, 4.69) is 21.7 Å². The van der Waals surface area contributed by atoms with Crippen LogP contribution in [0, 0.1) is 0 Å². The summed E-state index contributed by atoms with van der Waals surface area (Å²) in [5.74, 6) is 0. The molecule has 0 fully saturated rings. The molecule has 0 aromatic rings. The van der Waals surface area contributed by atoms with Crippen LogP contribution in [0.15, 0.2) is 7.85 Å². The molecule has 0 aromatic heterocycles. The van der Waals surface area contributed by atoms with Gasteiger partial charge in [-0.1, -0.05) is 0 Å². The molecule has 2 nitrogen and oxygen atoms in total. The van der Waals surface area contributed by atoms with Gasteiger partial charge in [0.1, 0.15) is 0 Å². The molecule has 0 unspecified atom stereocenters. The fourth-order valence-electron chi connectivity index (χ4n) is 0.431. The Morgan fingerprint density at radius 1 is 1.57 bits per heavy atom. The van der Waals surface area contributed by atoms with Gasteiger partial charge in [0.05, 0.1) is 0 Å². The second-order valence-electron chi connectivity index (χ2n) is 2.18. The molecule has 1 heterocycles. The molecule has 38 valence electrons. The van der Waals surface area contributed by atoms with E-state index in [0.29, 0.717) is 0 Å². The normalized spacial score (nSPS) is 23.7. The topological polar surface area (TPSA) is 24.7 Å². The van der Waals surface area contributed by atoms with Crippen LogP contribution in [0.5, 0.6) is 0 Å². The molecule has 0 bridgehead atoms. The Kier molecular flexibility index (Phi) is 1.11. The Labute approximate surface area is 49.5 Å². The zero-order chi connectivity index (χ0) is 5.33. The fourth-order valence-corrected chi connectivity index (χ4v) is 2.24. The summed E-state index contributed by atoms with van der Waals surface area (Å²) in [6.45, 7) is 4.17. The standard InChI is InChI=1S/C4H8GeN2/c1-4(2)3-6-5-7-4/h3,5H,1-2H3. The molecule has 0 saturated heterocycles. The summed E-state index contributed by atoms with van der Waals surface area (Å²) in [6.07, 6.45) is 1.95. The first-order valence-corrected chi connectivity index (χ1v) is 4.45. The summed E-state index contributed by atoms with van der Waals surface area (Å²) in [5, 5.41) is 0. The predicted octanol–water partition coefficient (Wildman–Crippen LogP) is 0.385. The second-order valence-corrected chi connectivity index (χ2v) is 3.83. The summed E-state index contributed by atoms with van der Waals surface area (Å²) < 4.78 is 8.40. The second kappa shape index (κ2) is 1.51. The summed E-state index contributed by atoms with van der Waals surface area (Å²) in [7, 11) is 0. The summed E-state index contributed by atoms with van der Waals surface area (Å²) in [5.41, 5.74) is 0.0972. The third-order valence-corrected chi connectivity index (χ3v) is 3.08. The minimum atomic E-state index is -0.495. The molecule has 0 atom stereocenters. The van der Waals surface area contributed by atoms with Gasteiger partial charge >= 0.3 is 48.9 Å². The molecule has 0 radical (unpaired) electrons. The van der Waals surface area contributed by atoms with E-state index in [1.807, 2.05) is 6.21 Å². The third kappa shape index (κ3) is 1.19. The van der Waals surface area contributed by atoms with E-state index >= 15 is 0 Å². The number of nitrogens with zero attached hydrogens (tertiary/aromatic N) is 2. The first-order valence-electron chi connectivity index (χ1n) is 2.29. The van der Waals surface area contributed by atoms with Crippen molar-refractivity contribution in [3.63, 3.8) is 0 Å². The van der Waals surface area contributed by atoms with Crippen molar-refractivity contribution < 1.29 is 0 Å². The van der Waals surface area contributed by atoms with Crippen molar-refractivity contribution in [3.8, 4) is 0 Å². The van der Waals surface area contributed by atoms with E-state index in [1.54, 1.807) is 0 Å². The number of hydrogen-bond donors (Lipinski definition) is 0. The van der Waals surface area contributed by atoms with Crippen LogP contribution in [-0.4, -0.2) is 27.2 Å². The Morgan fingerprint density at radius 3 is 2.43 bits per heavy atom. The van der Waals surface area contributed by atoms with Gasteiger partial charge in [0.25, 0.3) is 0 Å². The SMILES string of the molecule is CC1(C)C=[N][GeH]=[N]1. The number of rotatable bonds is 0. The van der Waals surface area contributed by atoms with Crippen LogP contribution in [0.4, 0.5) is 0 Å². The maximum atomic E-state index is 4.30. The van der Waals surface area contributed by atoms with Crippen molar-refractivity contribution >= 4 is 21.7 Å². The van der Waals surface area contributed by atoms with Crippen molar-refractivity contribution in [2.45, 2.75) is 19.4 Å². The van der Waals surface area contributed by atoms with Crippen molar-refractivity contribution in [3.05, 3.63) is 0 Å². The molecule has 1 aliphatic heterocycles. The van der Waals surface area contributed by atoms with Crippen LogP contribution in [-0.2, 0) is 0 Å².